The van der Waals surface area contributed by atoms with Crippen molar-refractivity contribution in [3.8, 4) is 0 Å². The molecule has 0 saturated heterocycles. The molecule has 0 spiro atoms. The van der Waals surface area contributed by atoms with E-state index in [1.807, 2.05) is 44.3 Å². The van der Waals surface area contributed by atoms with Gasteiger partial charge in [0, 0.05) is 35.9 Å². The van der Waals surface area contributed by atoms with E-state index >= 15 is 0 Å². The predicted molar refractivity (Wildman–Crippen MR) is 120 cm³/mol. The van der Waals surface area contributed by atoms with Gasteiger partial charge in [-0.2, -0.15) is 0 Å². The van der Waals surface area contributed by atoms with Crippen LogP contribution in [0.25, 0.3) is 0 Å². The van der Waals surface area contributed by atoms with E-state index in [0.29, 0.717) is 30.3 Å². The normalized spacial score (nSPS) is 18.8. The molecule has 1 N–H and O–H groups in total. The van der Waals surface area contributed by atoms with Crippen molar-refractivity contribution in [2.45, 2.75) is 44.7 Å². The standard InChI is InChI=1S/C22H30ClN5O2/c1-4-30-22(29)14-27(2)18-8-10-19(11-9-18)28(3)21-13-20(24-15-25-21)26-17-7-5-6-16(23)12-17/h5-7,12-13,15,18-19H,4,8-11,14H2,1-3H3,(H,24,25,26). The van der Waals surface area contributed by atoms with Crippen LogP contribution in [0.1, 0.15) is 32.6 Å². The van der Waals surface area contributed by atoms with Crippen LogP contribution in [0.4, 0.5) is 17.3 Å². The molecule has 1 aromatic heterocycles. The molecule has 30 heavy (non-hydrogen) atoms. The number of ether oxygens (including phenoxy) is 1. The zero-order valence-electron chi connectivity index (χ0n) is 17.8. The maximum Gasteiger partial charge on any atom is 0.320 e. The van der Waals surface area contributed by atoms with Gasteiger partial charge in [0.2, 0.25) is 0 Å². The minimum atomic E-state index is -0.153. The largest absolute Gasteiger partial charge is 0.465 e. The number of benzene rings is 1. The molecule has 3 rings (SSSR count). The highest BCUT2D eigenvalue weighted by Crippen LogP contribution is 2.28. The monoisotopic (exact) mass is 431 g/mol. The quantitative estimate of drug-likeness (QED) is 0.630. The molecule has 2 aromatic rings. The molecule has 162 valence electrons. The Balaban J connectivity index is 1.56. The molecule has 1 heterocycles. The number of esters is 1. The zero-order chi connectivity index (χ0) is 21.5. The third kappa shape index (κ3) is 6.06. The Kier molecular flexibility index (Phi) is 7.87. The van der Waals surface area contributed by atoms with E-state index in [4.69, 9.17) is 16.3 Å². The van der Waals surface area contributed by atoms with Crippen LogP contribution in [-0.4, -0.2) is 60.2 Å². The average molecular weight is 432 g/mol. The van der Waals surface area contributed by atoms with Crippen molar-refractivity contribution >= 4 is 34.9 Å². The highest BCUT2D eigenvalue weighted by atomic mass is 35.5. The van der Waals surface area contributed by atoms with Crippen LogP contribution in [0.3, 0.4) is 0 Å². The molecule has 1 aromatic carbocycles. The van der Waals surface area contributed by atoms with Gasteiger partial charge in [0.15, 0.2) is 0 Å². The number of hydrogen-bond acceptors (Lipinski definition) is 7. The van der Waals surface area contributed by atoms with Gasteiger partial charge in [-0.05, 0) is 57.9 Å². The van der Waals surface area contributed by atoms with Crippen molar-refractivity contribution in [3.63, 3.8) is 0 Å². The molecule has 0 aliphatic heterocycles. The fourth-order valence-corrected chi connectivity index (χ4v) is 4.13. The van der Waals surface area contributed by atoms with E-state index in [-0.39, 0.29) is 5.97 Å². The summed E-state index contributed by atoms with van der Waals surface area (Å²) in [5, 5.41) is 3.96. The molecule has 8 heteroatoms. The first kappa shape index (κ1) is 22.3. The maximum absolute atomic E-state index is 11.7. The summed E-state index contributed by atoms with van der Waals surface area (Å²) in [5.74, 6) is 1.47. The Labute approximate surface area is 183 Å². The van der Waals surface area contributed by atoms with Gasteiger partial charge in [0.1, 0.15) is 18.0 Å². The lowest BCUT2D eigenvalue weighted by molar-refractivity contribution is -0.144. The third-order valence-electron chi connectivity index (χ3n) is 5.63. The highest BCUT2D eigenvalue weighted by Gasteiger charge is 2.28. The van der Waals surface area contributed by atoms with Crippen molar-refractivity contribution in [3.05, 3.63) is 41.7 Å². The number of rotatable bonds is 8. The van der Waals surface area contributed by atoms with E-state index in [0.717, 1.165) is 43.0 Å². The van der Waals surface area contributed by atoms with Crippen molar-refractivity contribution in [1.29, 1.82) is 0 Å². The molecule has 7 nitrogen and oxygen atoms in total. The number of nitrogens with one attached hydrogen (secondary N) is 1. The Morgan fingerprint density at radius 3 is 2.60 bits per heavy atom. The number of anilines is 3. The molecule has 1 aliphatic carbocycles. The molecule has 0 unspecified atom stereocenters. The lowest BCUT2D eigenvalue weighted by Gasteiger charge is -2.38. The van der Waals surface area contributed by atoms with Crippen LogP contribution in [0.15, 0.2) is 36.7 Å². The van der Waals surface area contributed by atoms with Crippen LogP contribution >= 0.6 is 11.6 Å². The number of likely N-dealkylation sites (N-methyl/N-ethyl adjacent to an activating group) is 1. The highest BCUT2D eigenvalue weighted by molar-refractivity contribution is 6.30. The van der Waals surface area contributed by atoms with Gasteiger partial charge in [-0.3, -0.25) is 9.69 Å². The van der Waals surface area contributed by atoms with E-state index in [2.05, 4.69) is 32.1 Å². The van der Waals surface area contributed by atoms with E-state index in [9.17, 15) is 4.79 Å². The first-order chi connectivity index (χ1) is 14.5. The number of nitrogens with zero attached hydrogens (tertiary/aromatic N) is 4. The zero-order valence-corrected chi connectivity index (χ0v) is 18.6. The SMILES string of the molecule is CCOC(=O)CN(C)C1CCC(N(C)c2cc(Nc3cccc(Cl)c3)ncn2)CC1. The van der Waals surface area contributed by atoms with Crippen LogP contribution in [0.2, 0.25) is 5.02 Å². The second-order valence-electron chi connectivity index (χ2n) is 7.69. The number of aromatic nitrogens is 2. The first-order valence-corrected chi connectivity index (χ1v) is 10.8. The summed E-state index contributed by atoms with van der Waals surface area (Å²) in [6.07, 6.45) is 5.77. The van der Waals surface area contributed by atoms with Gasteiger partial charge in [0.25, 0.3) is 0 Å². The topological polar surface area (TPSA) is 70.6 Å². The van der Waals surface area contributed by atoms with Crippen molar-refractivity contribution in [1.82, 2.24) is 14.9 Å². The third-order valence-corrected chi connectivity index (χ3v) is 5.87. The minimum absolute atomic E-state index is 0.153. The molecule has 0 atom stereocenters. The lowest BCUT2D eigenvalue weighted by Crippen LogP contribution is -2.43. The van der Waals surface area contributed by atoms with Crippen molar-refractivity contribution in [2.75, 3.05) is 37.5 Å². The van der Waals surface area contributed by atoms with Crippen LogP contribution in [-0.2, 0) is 9.53 Å². The molecular formula is C22H30ClN5O2. The average Bonchev–Trinajstić information content (AvgIpc) is 2.73. The molecule has 1 saturated carbocycles. The Bertz CT molecular complexity index is 842. The molecule has 0 radical (unpaired) electrons. The minimum Gasteiger partial charge on any atom is -0.465 e. The Hall–Kier alpha value is -2.38. The number of carbonyl (C=O) groups is 1. The molecule has 1 aliphatic rings. The maximum atomic E-state index is 11.7. The molecule has 1 fully saturated rings. The van der Waals surface area contributed by atoms with Gasteiger partial charge < -0.3 is 15.0 Å². The number of hydrogen-bond donors (Lipinski definition) is 1. The van der Waals surface area contributed by atoms with E-state index < -0.39 is 0 Å². The molecule has 0 amide bonds. The van der Waals surface area contributed by atoms with Gasteiger partial charge in [-0.15, -0.1) is 0 Å². The van der Waals surface area contributed by atoms with Crippen LogP contribution in [0, 0.1) is 0 Å². The second kappa shape index (κ2) is 10.6. The lowest BCUT2D eigenvalue weighted by atomic mass is 9.89. The number of carbonyl (C=O) groups excluding carboxylic acids is 1. The second-order valence-corrected chi connectivity index (χ2v) is 8.13. The summed E-state index contributed by atoms with van der Waals surface area (Å²) < 4.78 is 5.06. The molecular weight excluding hydrogens is 402 g/mol. The summed E-state index contributed by atoms with van der Waals surface area (Å²) in [6, 6.07) is 10.3. The summed E-state index contributed by atoms with van der Waals surface area (Å²) in [4.78, 5) is 24.9. The van der Waals surface area contributed by atoms with Gasteiger partial charge in [-0.25, -0.2) is 9.97 Å². The van der Waals surface area contributed by atoms with Gasteiger partial charge >= 0.3 is 5.97 Å². The van der Waals surface area contributed by atoms with Gasteiger partial charge in [-0.1, -0.05) is 17.7 Å². The predicted octanol–water partition coefficient (Wildman–Crippen LogP) is 4.12. The first-order valence-electron chi connectivity index (χ1n) is 10.4. The van der Waals surface area contributed by atoms with E-state index in [1.54, 1.807) is 6.33 Å². The summed E-state index contributed by atoms with van der Waals surface area (Å²) >= 11 is 6.06. The Morgan fingerprint density at radius 1 is 1.17 bits per heavy atom. The van der Waals surface area contributed by atoms with Crippen molar-refractivity contribution in [2.24, 2.45) is 0 Å². The fourth-order valence-electron chi connectivity index (χ4n) is 3.94. The van der Waals surface area contributed by atoms with Crippen LogP contribution < -0.4 is 10.2 Å². The number of halogens is 1. The fraction of sp³-hybridized carbons (Fsp3) is 0.500. The van der Waals surface area contributed by atoms with Crippen molar-refractivity contribution < 1.29 is 9.53 Å². The summed E-state index contributed by atoms with van der Waals surface area (Å²) in [6.45, 7) is 2.61. The summed E-state index contributed by atoms with van der Waals surface area (Å²) in [5.41, 5.74) is 0.889. The van der Waals surface area contributed by atoms with Gasteiger partial charge in [0.05, 0.1) is 13.2 Å². The Morgan fingerprint density at radius 2 is 1.90 bits per heavy atom. The van der Waals surface area contributed by atoms with Crippen LogP contribution in [0.5, 0.6) is 0 Å². The van der Waals surface area contributed by atoms with E-state index in [1.165, 1.54) is 0 Å². The summed E-state index contributed by atoms with van der Waals surface area (Å²) in [7, 11) is 4.09. The molecule has 0 bridgehead atoms. The smallest absolute Gasteiger partial charge is 0.320 e.